The zero-order valence-corrected chi connectivity index (χ0v) is 7.86. The third kappa shape index (κ3) is 9.96. The molecular weight excluding hydrogens is 134 g/mol. The quantitative estimate of drug-likeness (QED) is 0.533. The molecule has 0 unspecified atom stereocenters. The molecule has 0 aromatic heterocycles. The minimum Gasteiger partial charge on any atom is -0.317 e. The molecule has 1 radical (unpaired) electrons. The highest BCUT2D eigenvalue weighted by Crippen LogP contribution is 2.03. The minimum absolute atomic E-state index is 0.870. The average molecular weight is 156 g/mol. The molecule has 67 valence electrons. The summed E-state index contributed by atoms with van der Waals surface area (Å²) in [6.45, 7) is 7.99. The van der Waals surface area contributed by atoms with E-state index in [2.05, 4.69) is 19.2 Å². The molecule has 0 saturated carbocycles. The Bertz CT molecular complexity index is 53.9. The van der Waals surface area contributed by atoms with Crippen molar-refractivity contribution in [3.63, 3.8) is 0 Å². The molecule has 0 saturated heterocycles. The molecule has 0 aromatic rings. The SMILES string of the molecule is [CH2]CNCCCCCCCC. The standard InChI is InChI=1S/C10H22N/c1-3-5-6-7-8-9-10-11-4-2/h11H,2-10H2,1H3. The van der Waals surface area contributed by atoms with Gasteiger partial charge in [-0.15, -0.1) is 0 Å². The number of unbranched alkanes of at least 4 members (excludes halogenated alkanes) is 5. The summed E-state index contributed by atoms with van der Waals surface area (Å²) in [5, 5.41) is 3.23. The van der Waals surface area contributed by atoms with Gasteiger partial charge in [0.2, 0.25) is 0 Å². The van der Waals surface area contributed by atoms with Crippen LogP contribution in [0.5, 0.6) is 0 Å². The van der Waals surface area contributed by atoms with Crippen LogP contribution < -0.4 is 5.32 Å². The Morgan fingerprint density at radius 2 is 1.64 bits per heavy atom. The Hall–Kier alpha value is -0.0400. The first-order chi connectivity index (χ1) is 5.41. The van der Waals surface area contributed by atoms with Crippen LogP contribution in [0.25, 0.3) is 0 Å². The maximum Gasteiger partial charge on any atom is -0.00484 e. The van der Waals surface area contributed by atoms with E-state index in [0.29, 0.717) is 0 Å². The molecule has 0 aromatic carbocycles. The first kappa shape index (κ1) is 11.0. The van der Waals surface area contributed by atoms with Crippen LogP contribution in [0.3, 0.4) is 0 Å². The van der Waals surface area contributed by atoms with E-state index in [1.165, 1.54) is 38.5 Å². The van der Waals surface area contributed by atoms with Crippen molar-refractivity contribution in [2.45, 2.75) is 45.4 Å². The van der Waals surface area contributed by atoms with Gasteiger partial charge in [-0.25, -0.2) is 0 Å². The van der Waals surface area contributed by atoms with Crippen molar-refractivity contribution in [2.24, 2.45) is 0 Å². The van der Waals surface area contributed by atoms with Crippen molar-refractivity contribution >= 4 is 0 Å². The van der Waals surface area contributed by atoms with Crippen molar-refractivity contribution in [1.29, 1.82) is 0 Å². The zero-order valence-electron chi connectivity index (χ0n) is 7.86. The highest BCUT2D eigenvalue weighted by molar-refractivity contribution is 4.49. The van der Waals surface area contributed by atoms with E-state index < -0.39 is 0 Å². The van der Waals surface area contributed by atoms with E-state index in [0.717, 1.165) is 13.1 Å². The molecule has 1 heteroatoms. The van der Waals surface area contributed by atoms with Crippen molar-refractivity contribution in [2.75, 3.05) is 13.1 Å². The Balaban J connectivity index is 2.69. The molecule has 0 bridgehead atoms. The van der Waals surface area contributed by atoms with Crippen molar-refractivity contribution < 1.29 is 0 Å². The van der Waals surface area contributed by atoms with Gasteiger partial charge in [-0.2, -0.15) is 0 Å². The number of hydrogen-bond acceptors (Lipinski definition) is 1. The molecule has 11 heavy (non-hydrogen) atoms. The lowest BCUT2D eigenvalue weighted by atomic mass is 10.1. The first-order valence-electron chi connectivity index (χ1n) is 4.91. The highest BCUT2D eigenvalue weighted by atomic mass is 14.8. The molecule has 0 rings (SSSR count). The smallest absolute Gasteiger partial charge is 0.00484 e. The van der Waals surface area contributed by atoms with Gasteiger partial charge >= 0.3 is 0 Å². The normalized spacial score (nSPS) is 10.4. The monoisotopic (exact) mass is 156 g/mol. The molecule has 0 aliphatic rings. The largest absolute Gasteiger partial charge is 0.317 e. The van der Waals surface area contributed by atoms with E-state index >= 15 is 0 Å². The van der Waals surface area contributed by atoms with Crippen molar-refractivity contribution in [3.05, 3.63) is 6.92 Å². The van der Waals surface area contributed by atoms with E-state index in [9.17, 15) is 0 Å². The van der Waals surface area contributed by atoms with Crippen molar-refractivity contribution in [1.82, 2.24) is 5.32 Å². The Kier molecular flexibility index (Phi) is 9.92. The lowest BCUT2D eigenvalue weighted by Gasteiger charge is -2.00. The van der Waals surface area contributed by atoms with E-state index in [1.807, 2.05) is 0 Å². The first-order valence-corrected chi connectivity index (χ1v) is 4.91. The third-order valence-electron chi connectivity index (χ3n) is 1.88. The van der Waals surface area contributed by atoms with Crippen LogP contribution >= 0.6 is 0 Å². The summed E-state index contributed by atoms with van der Waals surface area (Å²) < 4.78 is 0. The van der Waals surface area contributed by atoms with Crippen LogP contribution in [0, 0.1) is 6.92 Å². The second-order valence-corrected chi connectivity index (χ2v) is 3.02. The molecule has 0 fully saturated rings. The van der Waals surface area contributed by atoms with Crippen LogP contribution in [-0.4, -0.2) is 13.1 Å². The number of hydrogen-bond donors (Lipinski definition) is 1. The Morgan fingerprint density at radius 1 is 1.00 bits per heavy atom. The van der Waals surface area contributed by atoms with Gasteiger partial charge in [-0.05, 0) is 26.4 Å². The summed E-state index contributed by atoms with van der Waals surface area (Å²) in [5.41, 5.74) is 0. The van der Waals surface area contributed by atoms with Gasteiger partial charge in [0.15, 0.2) is 0 Å². The fraction of sp³-hybridized carbons (Fsp3) is 0.900. The summed E-state index contributed by atoms with van der Waals surface area (Å²) in [4.78, 5) is 0. The van der Waals surface area contributed by atoms with Gasteiger partial charge in [0.05, 0.1) is 0 Å². The van der Waals surface area contributed by atoms with Gasteiger partial charge < -0.3 is 5.32 Å². The number of nitrogens with one attached hydrogen (secondary N) is 1. The molecule has 0 amide bonds. The predicted molar refractivity (Wildman–Crippen MR) is 51.6 cm³/mol. The minimum atomic E-state index is 0.870. The molecule has 0 aliphatic heterocycles. The fourth-order valence-corrected chi connectivity index (χ4v) is 1.16. The highest BCUT2D eigenvalue weighted by Gasteiger charge is 1.88. The molecule has 0 aliphatic carbocycles. The summed E-state index contributed by atoms with van der Waals surface area (Å²) in [5.74, 6) is 0. The lowest BCUT2D eigenvalue weighted by Crippen LogP contribution is -2.13. The number of rotatable bonds is 8. The summed E-state index contributed by atoms with van der Waals surface area (Å²) >= 11 is 0. The lowest BCUT2D eigenvalue weighted by molar-refractivity contribution is 0.585. The average Bonchev–Trinajstić information content (AvgIpc) is 2.03. The second-order valence-electron chi connectivity index (χ2n) is 3.02. The van der Waals surface area contributed by atoms with E-state index in [-0.39, 0.29) is 0 Å². The topological polar surface area (TPSA) is 12.0 Å². The molecule has 1 nitrogen and oxygen atoms in total. The van der Waals surface area contributed by atoms with Crippen LogP contribution in [0.15, 0.2) is 0 Å². The van der Waals surface area contributed by atoms with E-state index in [4.69, 9.17) is 0 Å². The van der Waals surface area contributed by atoms with Gasteiger partial charge in [-0.1, -0.05) is 39.0 Å². The van der Waals surface area contributed by atoms with Crippen LogP contribution in [-0.2, 0) is 0 Å². The molecular formula is C10H22N. The van der Waals surface area contributed by atoms with Gasteiger partial charge in [-0.3, -0.25) is 0 Å². The fourth-order valence-electron chi connectivity index (χ4n) is 1.16. The Morgan fingerprint density at radius 3 is 2.27 bits per heavy atom. The Labute approximate surface area is 71.6 Å². The van der Waals surface area contributed by atoms with Gasteiger partial charge in [0, 0.05) is 0 Å². The molecule has 0 atom stereocenters. The van der Waals surface area contributed by atoms with Crippen LogP contribution in [0.4, 0.5) is 0 Å². The van der Waals surface area contributed by atoms with Gasteiger partial charge in [0.1, 0.15) is 0 Å². The predicted octanol–water partition coefficient (Wildman–Crippen LogP) is 2.77. The molecule has 0 heterocycles. The van der Waals surface area contributed by atoms with Crippen LogP contribution in [0.1, 0.15) is 45.4 Å². The molecule has 1 N–H and O–H groups in total. The van der Waals surface area contributed by atoms with Crippen molar-refractivity contribution in [3.8, 4) is 0 Å². The van der Waals surface area contributed by atoms with E-state index in [1.54, 1.807) is 0 Å². The summed E-state index contributed by atoms with van der Waals surface area (Å²) in [7, 11) is 0. The van der Waals surface area contributed by atoms with Gasteiger partial charge in [0.25, 0.3) is 0 Å². The maximum absolute atomic E-state index is 3.72. The van der Waals surface area contributed by atoms with Crippen LogP contribution in [0.2, 0.25) is 0 Å². The maximum atomic E-state index is 3.72. The summed E-state index contributed by atoms with van der Waals surface area (Å²) in [6.07, 6.45) is 8.28. The second kappa shape index (κ2) is 9.96. The molecule has 0 spiro atoms. The zero-order chi connectivity index (χ0) is 8.36. The third-order valence-corrected chi connectivity index (χ3v) is 1.88. The summed E-state index contributed by atoms with van der Waals surface area (Å²) in [6, 6.07) is 0.